The Hall–Kier alpha value is -2.05. The van der Waals surface area contributed by atoms with Crippen LogP contribution in [0.15, 0.2) is 24.8 Å². The first-order valence-electron chi connectivity index (χ1n) is 5.51. The number of carbonyl (C=O) groups is 1. The summed E-state index contributed by atoms with van der Waals surface area (Å²) in [7, 11) is 0. The summed E-state index contributed by atoms with van der Waals surface area (Å²) in [5, 5.41) is 2.72. The van der Waals surface area contributed by atoms with E-state index < -0.39 is 17.8 Å². The highest BCUT2D eigenvalue weighted by molar-refractivity contribution is 5.97. The van der Waals surface area contributed by atoms with Crippen molar-refractivity contribution in [2.45, 2.75) is 25.6 Å². The van der Waals surface area contributed by atoms with Crippen molar-refractivity contribution in [1.29, 1.82) is 0 Å². The van der Waals surface area contributed by atoms with Crippen LogP contribution in [-0.4, -0.2) is 16.9 Å². The number of anilines is 1. The van der Waals surface area contributed by atoms with Gasteiger partial charge >= 0.3 is 6.18 Å². The zero-order valence-corrected chi connectivity index (χ0v) is 10.3. The molecule has 0 spiro atoms. The van der Waals surface area contributed by atoms with Gasteiger partial charge in [0.25, 0.3) is 5.91 Å². The van der Waals surface area contributed by atoms with Crippen LogP contribution in [0.25, 0.3) is 0 Å². The summed E-state index contributed by atoms with van der Waals surface area (Å²) in [6.07, 6.45) is -2.46. The maximum atomic E-state index is 12.6. The average Bonchev–Trinajstić information content (AvgIpc) is 2.27. The van der Waals surface area contributed by atoms with Gasteiger partial charge in [-0.05, 0) is 25.5 Å². The highest BCUT2D eigenvalue weighted by Gasteiger charge is 2.33. The van der Waals surface area contributed by atoms with Gasteiger partial charge in [-0.25, -0.2) is 4.98 Å². The molecule has 104 valence electrons. The van der Waals surface area contributed by atoms with Gasteiger partial charge in [-0.1, -0.05) is 6.08 Å². The van der Waals surface area contributed by atoms with Crippen molar-refractivity contribution in [2.75, 3.05) is 5.32 Å². The SMILES string of the molecule is C=CCC(C)Nc1nc(C(F)(F)F)ccc1C(N)=O. The number of rotatable bonds is 5. The standard InChI is InChI=1S/C12H14F3N3O/c1-3-4-7(2)17-11-8(10(16)19)5-6-9(18-11)12(13,14)15/h3,5-7H,1,4H2,2H3,(H2,16,19)(H,17,18). The van der Waals surface area contributed by atoms with E-state index in [1.54, 1.807) is 13.0 Å². The average molecular weight is 273 g/mol. The Labute approximate surface area is 108 Å². The molecule has 3 N–H and O–H groups in total. The molecule has 0 aliphatic carbocycles. The third-order valence-corrected chi connectivity index (χ3v) is 2.35. The lowest BCUT2D eigenvalue weighted by Crippen LogP contribution is -2.22. The zero-order valence-electron chi connectivity index (χ0n) is 10.3. The largest absolute Gasteiger partial charge is 0.433 e. The normalized spacial score (nSPS) is 12.8. The van der Waals surface area contributed by atoms with E-state index in [-0.39, 0.29) is 17.4 Å². The molecule has 1 aromatic rings. The Kier molecular flexibility index (Phi) is 4.52. The first kappa shape index (κ1) is 15.0. The molecule has 0 bridgehead atoms. The third-order valence-electron chi connectivity index (χ3n) is 2.35. The quantitative estimate of drug-likeness (QED) is 0.810. The van der Waals surface area contributed by atoms with Crippen molar-refractivity contribution in [2.24, 2.45) is 5.73 Å². The lowest BCUT2D eigenvalue weighted by Gasteiger charge is -2.16. The van der Waals surface area contributed by atoms with E-state index in [0.29, 0.717) is 6.42 Å². The summed E-state index contributed by atoms with van der Waals surface area (Å²) in [4.78, 5) is 14.6. The minimum atomic E-state index is -4.58. The molecule has 0 aliphatic rings. The van der Waals surface area contributed by atoms with Crippen LogP contribution in [0.5, 0.6) is 0 Å². The van der Waals surface area contributed by atoms with Crippen LogP contribution in [0.3, 0.4) is 0 Å². The van der Waals surface area contributed by atoms with Crippen LogP contribution in [0.1, 0.15) is 29.4 Å². The van der Waals surface area contributed by atoms with Crippen LogP contribution >= 0.6 is 0 Å². The second kappa shape index (κ2) is 5.73. The molecule has 1 aromatic heterocycles. The molecule has 1 atom stereocenters. The summed E-state index contributed by atoms with van der Waals surface area (Å²) < 4.78 is 37.7. The Bertz CT molecular complexity index is 486. The van der Waals surface area contributed by atoms with E-state index in [1.807, 2.05) is 0 Å². The number of primary amides is 1. The highest BCUT2D eigenvalue weighted by Crippen LogP contribution is 2.29. The van der Waals surface area contributed by atoms with Gasteiger partial charge in [0.05, 0.1) is 5.56 Å². The topological polar surface area (TPSA) is 68.0 Å². The van der Waals surface area contributed by atoms with Gasteiger partial charge in [-0.2, -0.15) is 13.2 Å². The van der Waals surface area contributed by atoms with E-state index in [4.69, 9.17) is 5.73 Å². The second-order valence-corrected chi connectivity index (χ2v) is 4.02. The van der Waals surface area contributed by atoms with Crippen LogP contribution in [0.4, 0.5) is 19.0 Å². The number of alkyl halides is 3. The molecular formula is C12H14F3N3O. The van der Waals surface area contributed by atoms with Gasteiger partial charge in [-0.15, -0.1) is 6.58 Å². The summed E-state index contributed by atoms with van der Waals surface area (Å²) >= 11 is 0. The Morgan fingerprint density at radius 3 is 2.68 bits per heavy atom. The minimum absolute atomic E-state index is 0.0797. The predicted molar refractivity (Wildman–Crippen MR) is 65.7 cm³/mol. The Balaban J connectivity index is 3.16. The van der Waals surface area contributed by atoms with Gasteiger partial charge in [0.2, 0.25) is 0 Å². The number of amides is 1. The number of nitrogens with two attached hydrogens (primary N) is 1. The molecule has 1 amide bonds. The van der Waals surface area contributed by atoms with Gasteiger partial charge in [-0.3, -0.25) is 4.79 Å². The van der Waals surface area contributed by atoms with Crippen LogP contribution in [0.2, 0.25) is 0 Å². The van der Waals surface area contributed by atoms with Crippen molar-refractivity contribution >= 4 is 11.7 Å². The fourth-order valence-electron chi connectivity index (χ4n) is 1.47. The maximum absolute atomic E-state index is 12.6. The number of hydrogen-bond donors (Lipinski definition) is 2. The fourth-order valence-corrected chi connectivity index (χ4v) is 1.47. The number of halogens is 3. The highest BCUT2D eigenvalue weighted by atomic mass is 19.4. The molecule has 0 fully saturated rings. The van der Waals surface area contributed by atoms with Crippen molar-refractivity contribution in [3.8, 4) is 0 Å². The van der Waals surface area contributed by atoms with E-state index in [9.17, 15) is 18.0 Å². The fraction of sp³-hybridized carbons (Fsp3) is 0.333. The molecule has 1 unspecified atom stereocenters. The monoisotopic (exact) mass is 273 g/mol. The van der Waals surface area contributed by atoms with Gasteiger partial charge in [0.1, 0.15) is 11.5 Å². The number of nitrogens with zero attached hydrogens (tertiary/aromatic N) is 1. The Morgan fingerprint density at radius 2 is 2.21 bits per heavy atom. The van der Waals surface area contributed by atoms with E-state index in [2.05, 4.69) is 16.9 Å². The molecular weight excluding hydrogens is 259 g/mol. The number of pyridine rings is 1. The maximum Gasteiger partial charge on any atom is 0.433 e. The van der Waals surface area contributed by atoms with Crippen molar-refractivity contribution in [3.05, 3.63) is 36.0 Å². The van der Waals surface area contributed by atoms with Crippen LogP contribution in [0, 0.1) is 0 Å². The number of nitrogens with one attached hydrogen (secondary N) is 1. The third kappa shape index (κ3) is 3.97. The first-order chi connectivity index (χ1) is 8.75. The lowest BCUT2D eigenvalue weighted by molar-refractivity contribution is -0.141. The number of hydrogen-bond acceptors (Lipinski definition) is 3. The number of carbonyl (C=O) groups excluding carboxylic acids is 1. The molecule has 19 heavy (non-hydrogen) atoms. The van der Waals surface area contributed by atoms with Crippen molar-refractivity contribution in [3.63, 3.8) is 0 Å². The smallest absolute Gasteiger partial charge is 0.367 e. The minimum Gasteiger partial charge on any atom is -0.367 e. The van der Waals surface area contributed by atoms with Gasteiger partial charge in [0.15, 0.2) is 0 Å². The van der Waals surface area contributed by atoms with E-state index >= 15 is 0 Å². The number of aromatic nitrogens is 1. The first-order valence-corrected chi connectivity index (χ1v) is 5.51. The predicted octanol–water partition coefficient (Wildman–Crippen LogP) is 2.58. The molecule has 0 radical (unpaired) electrons. The molecule has 0 saturated carbocycles. The summed E-state index contributed by atoms with van der Waals surface area (Å²) in [6, 6.07) is 1.52. The van der Waals surface area contributed by atoms with E-state index in [1.165, 1.54) is 0 Å². The summed E-state index contributed by atoms with van der Waals surface area (Å²) in [6.45, 7) is 5.26. The zero-order chi connectivity index (χ0) is 14.6. The molecule has 7 heteroatoms. The molecule has 0 aromatic carbocycles. The molecule has 0 aliphatic heterocycles. The summed E-state index contributed by atoms with van der Waals surface area (Å²) in [5.74, 6) is -1.01. The molecule has 1 rings (SSSR count). The van der Waals surface area contributed by atoms with Crippen LogP contribution in [-0.2, 0) is 6.18 Å². The van der Waals surface area contributed by atoms with Gasteiger partial charge in [0, 0.05) is 6.04 Å². The molecule has 0 saturated heterocycles. The molecule has 4 nitrogen and oxygen atoms in total. The van der Waals surface area contributed by atoms with Gasteiger partial charge < -0.3 is 11.1 Å². The van der Waals surface area contributed by atoms with E-state index in [0.717, 1.165) is 12.1 Å². The molecule has 1 heterocycles. The van der Waals surface area contributed by atoms with Crippen molar-refractivity contribution in [1.82, 2.24) is 4.98 Å². The lowest BCUT2D eigenvalue weighted by atomic mass is 10.2. The van der Waals surface area contributed by atoms with Crippen molar-refractivity contribution < 1.29 is 18.0 Å². The van der Waals surface area contributed by atoms with Crippen LogP contribution < -0.4 is 11.1 Å². The Morgan fingerprint density at radius 1 is 1.58 bits per heavy atom. The second-order valence-electron chi connectivity index (χ2n) is 4.02. The summed E-state index contributed by atoms with van der Waals surface area (Å²) in [5.41, 5.74) is 3.95.